The summed E-state index contributed by atoms with van der Waals surface area (Å²) in [5, 5.41) is 24.5. The first-order valence-electron chi connectivity index (χ1n) is 16.0. The first kappa shape index (κ1) is 34.1. The van der Waals surface area contributed by atoms with E-state index in [1.807, 2.05) is 19.9 Å². The van der Waals surface area contributed by atoms with Crippen LogP contribution in [0.1, 0.15) is 90.7 Å². The van der Waals surface area contributed by atoms with Gasteiger partial charge in [0.15, 0.2) is 0 Å². The number of phenols is 1. The van der Waals surface area contributed by atoms with Crippen LogP contribution in [-0.4, -0.2) is 58.3 Å². The maximum absolute atomic E-state index is 13.1. The number of rotatable bonds is 15. The number of fused-ring (bicyclic) bond motifs is 1. The average Bonchev–Trinajstić information content (AvgIpc) is 3.27. The molecule has 1 amide bonds. The number of aromatic hydroxyl groups is 1. The minimum atomic E-state index is -0.809. The summed E-state index contributed by atoms with van der Waals surface area (Å²) in [6.45, 7) is 16.8. The van der Waals surface area contributed by atoms with Gasteiger partial charge in [-0.25, -0.2) is 4.79 Å². The topological polar surface area (TPSA) is 108 Å². The number of benzene rings is 1. The van der Waals surface area contributed by atoms with E-state index in [0.29, 0.717) is 10.7 Å². The van der Waals surface area contributed by atoms with E-state index in [9.17, 15) is 19.8 Å². The molecule has 0 aromatic heterocycles. The van der Waals surface area contributed by atoms with E-state index in [1.165, 1.54) is 22.2 Å². The zero-order chi connectivity index (χ0) is 32.1. The van der Waals surface area contributed by atoms with Gasteiger partial charge in [-0.15, -0.1) is 11.8 Å². The van der Waals surface area contributed by atoms with Crippen LogP contribution in [0.15, 0.2) is 46.5 Å². The molecule has 0 saturated carbocycles. The first-order chi connectivity index (χ1) is 20.9. The van der Waals surface area contributed by atoms with Crippen LogP contribution >= 0.6 is 11.8 Å². The van der Waals surface area contributed by atoms with Crippen LogP contribution in [0.3, 0.4) is 0 Å². The molecule has 2 heterocycles. The minimum Gasteiger partial charge on any atom is -0.507 e. The molecule has 9 heteroatoms. The third kappa shape index (κ3) is 7.54. The highest BCUT2D eigenvalue weighted by molar-refractivity contribution is 8.04. The number of nitrogens with zero attached hydrogens (tertiary/aromatic N) is 1. The molecular weight excluding hydrogens is 576 g/mol. The molecule has 3 N–H and O–H groups in total. The van der Waals surface area contributed by atoms with Gasteiger partial charge in [-0.2, -0.15) is 0 Å². The molecule has 2 aliphatic heterocycles. The van der Waals surface area contributed by atoms with Crippen molar-refractivity contribution in [1.82, 2.24) is 10.2 Å². The van der Waals surface area contributed by atoms with Gasteiger partial charge in [0, 0.05) is 22.9 Å². The fourth-order valence-corrected chi connectivity index (χ4v) is 7.90. The zero-order valence-electron chi connectivity index (χ0n) is 27.2. The van der Waals surface area contributed by atoms with Crippen molar-refractivity contribution in [3.8, 4) is 11.5 Å². The molecular formula is C35H50N2O6S. The molecule has 0 unspecified atom stereocenters. The average molecular weight is 627 g/mol. The summed E-state index contributed by atoms with van der Waals surface area (Å²) < 4.78 is 11.9. The van der Waals surface area contributed by atoms with Gasteiger partial charge >= 0.3 is 5.97 Å². The molecule has 1 aliphatic carbocycles. The lowest BCUT2D eigenvalue weighted by Crippen LogP contribution is -2.60. The summed E-state index contributed by atoms with van der Waals surface area (Å²) in [5.41, 5.74) is 4.44. The van der Waals surface area contributed by atoms with Gasteiger partial charge in [-0.1, -0.05) is 57.4 Å². The van der Waals surface area contributed by atoms with Crippen molar-refractivity contribution in [1.29, 1.82) is 0 Å². The summed E-state index contributed by atoms with van der Waals surface area (Å²) in [6, 6.07) is 3.93. The number of phenolic OH excluding ortho intramolecular Hbond substituents is 1. The molecule has 8 nitrogen and oxygen atoms in total. The number of amides is 1. The maximum Gasteiger partial charge on any atom is 0.355 e. The quantitative estimate of drug-likeness (QED) is 0.0676. The van der Waals surface area contributed by atoms with E-state index >= 15 is 0 Å². The van der Waals surface area contributed by atoms with E-state index in [1.54, 1.807) is 6.92 Å². The predicted octanol–water partition coefficient (Wildman–Crippen LogP) is 6.39. The lowest BCUT2D eigenvalue weighted by molar-refractivity contribution is -0.158. The third-order valence-electron chi connectivity index (χ3n) is 8.69. The van der Waals surface area contributed by atoms with Gasteiger partial charge in [0.2, 0.25) is 5.91 Å². The number of nitrogens with one attached hydrogen (secondary N) is 1. The fraction of sp³-hybridized carbons (Fsp3) is 0.600. The number of hydrogen-bond acceptors (Lipinski definition) is 8. The Kier molecular flexibility index (Phi) is 11.7. The van der Waals surface area contributed by atoms with Gasteiger partial charge in [-0.05, 0) is 76.0 Å². The Hall–Kier alpha value is -2.75. The van der Waals surface area contributed by atoms with Crippen molar-refractivity contribution in [3.63, 3.8) is 0 Å². The second-order valence-corrected chi connectivity index (χ2v) is 14.2. The smallest absolute Gasteiger partial charge is 0.355 e. The Morgan fingerprint density at radius 2 is 2.00 bits per heavy atom. The molecule has 242 valence electrons. The number of ether oxygens (including phenoxy) is 2. The number of hydrogen-bond donors (Lipinski definition) is 3. The number of esters is 1. The standard InChI is InChI=1S/C35H50N2O6S/c1-8-9-10-11-24-15-27(39)31(26-14-22(6)12-13-25(26)21(4)5)28(16-24)43-19-36-17-29-32(35(41)42-18-20(2)3)37-33(40)30(23(7)38)34(37)44-29/h14-16,20,23,25-26,30,34,36,38-39H,4,8-13,17-19H2,1-3,5-7H3/t23-,25+,26-,30+,34-/m1/s1. The van der Waals surface area contributed by atoms with Crippen molar-refractivity contribution in [2.45, 2.75) is 97.5 Å². The molecule has 0 spiro atoms. The summed E-state index contributed by atoms with van der Waals surface area (Å²) in [6.07, 6.45) is 7.54. The summed E-state index contributed by atoms with van der Waals surface area (Å²) in [5.74, 6) is -0.138. The Morgan fingerprint density at radius 1 is 1.25 bits per heavy atom. The molecule has 1 fully saturated rings. The number of carbonyl (C=O) groups is 2. The molecule has 1 aromatic rings. The van der Waals surface area contributed by atoms with Crippen LogP contribution in [0.5, 0.6) is 11.5 Å². The Balaban J connectivity index is 1.55. The molecule has 5 atom stereocenters. The summed E-state index contributed by atoms with van der Waals surface area (Å²) >= 11 is 1.41. The normalized spacial score (nSPS) is 23.8. The minimum absolute atomic E-state index is 0.0387. The van der Waals surface area contributed by atoms with E-state index < -0.39 is 18.0 Å². The van der Waals surface area contributed by atoms with Gasteiger partial charge < -0.3 is 19.7 Å². The number of aryl methyl sites for hydroxylation is 1. The van der Waals surface area contributed by atoms with Crippen molar-refractivity contribution < 1.29 is 29.3 Å². The Labute approximate surface area is 266 Å². The predicted molar refractivity (Wildman–Crippen MR) is 175 cm³/mol. The SMILES string of the molecule is C=C(C)[C@@H]1CCC(C)=C[C@H]1c1c(O)cc(CCCCC)cc1OCNCC1=C(C(=O)OCC(C)C)N2C(=O)[C@H]([C@@H](C)O)[C@H]2S1. The second-order valence-electron chi connectivity index (χ2n) is 13.0. The third-order valence-corrected chi connectivity index (χ3v) is 10.1. The molecule has 4 rings (SSSR count). The number of aliphatic hydroxyl groups excluding tert-OH is 1. The van der Waals surface area contributed by atoms with Crippen LogP contribution in [0.2, 0.25) is 0 Å². The van der Waals surface area contributed by atoms with E-state index in [2.05, 4.69) is 44.8 Å². The highest BCUT2D eigenvalue weighted by atomic mass is 32.2. The van der Waals surface area contributed by atoms with E-state index in [-0.39, 0.29) is 60.4 Å². The van der Waals surface area contributed by atoms with Crippen LogP contribution in [-0.2, 0) is 20.7 Å². The molecule has 1 aromatic carbocycles. The van der Waals surface area contributed by atoms with Crippen molar-refractivity contribution in [3.05, 3.63) is 57.7 Å². The van der Waals surface area contributed by atoms with Crippen LogP contribution in [0.4, 0.5) is 0 Å². The van der Waals surface area contributed by atoms with Gasteiger partial charge in [0.1, 0.15) is 29.3 Å². The van der Waals surface area contributed by atoms with Crippen molar-refractivity contribution in [2.75, 3.05) is 19.9 Å². The highest BCUT2D eigenvalue weighted by Crippen LogP contribution is 2.50. The summed E-state index contributed by atoms with van der Waals surface area (Å²) in [7, 11) is 0. The number of β-lactam (4-membered cyclic amide) rings is 1. The molecule has 0 radical (unpaired) electrons. The lowest BCUT2D eigenvalue weighted by atomic mass is 9.73. The molecule has 0 bridgehead atoms. The Morgan fingerprint density at radius 3 is 2.66 bits per heavy atom. The van der Waals surface area contributed by atoms with Crippen molar-refractivity contribution in [2.24, 2.45) is 17.8 Å². The summed E-state index contributed by atoms with van der Waals surface area (Å²) in [4.78, 5) is 28.1. The maximum atomic E-state index is 13.1. The molecule has 1 saturated heterocycles. The highest BCUT2D eigenvalue weighted by Gasteiger charge is 2.57. The number of aliphatic hydroxyl groups is 1. The molecule has 44 heavy (non-hydrogen) atoms. The largest absolute Gasteiger partial charge is 0.507 e. The van der Waals surface area contributed by atoms with Crippen LogP contribution in [0.25, 0.3) is 0 Å². The van der Waals surface area contributed by atoms with Crippen molar-refractivity contribution >= 4 is 23.6 Å². The second kappa shape index (κ2) is 15.0. The van der Waals surface area contributed by atoms with Gasteiger partial charge in [0.05, 0.1) is 18.6 Å². The number of carbonyl (C=O) groups excluding carboxylic acids is 2. The fourth-order valence-electron chi connectivity index (χ4n) is 6.32. The van der Waals surface area contributed by atoms with E-state index in [4.69, 9.17) is 9.47 Å². The zero-order valence-corrected chi connectivity index (χ0v) is 28.0. The lowest BCUT2D eigenvalue weighted by Gasteiger charge is -2.43. The monoisotopic (exact) mass is 626 g/mol. The van der Waals surface area contributed by atoms with Gasteiger partial charge in [0.25, 0.3) is 0 Å². The van der Waals surface area contributed by atoms with Crippen LogP contribution in [0, 0.1) is 17.8 Å². The number of thioether (sulfide) groups is 1. The molecule has 3 aliphatic rings. The Bertz CT molecular complexity index is 1300. The number of allylic oxidation sites excluding steroid dienone is 3. The van der Waals surface area contributed by atoms with Crippen LogP contribution < -0.4 is 10.1 Å². The first-order valence-corrected chi connectivity index (χ1v) is 16.9. The number of unbranched alkanes of at least 4 members (excludes halogenated alkanes) is 2. The van der Waals surface area contributed by atoms with E-state index in [0.717, 1.165) is 55.2 Å². The van der Waals surface area contributed by atoms with Gasteiger partial charge in [-0.3, -0.25) is 15.0 Å².